The zero-order valence-electron chi connectivity index (χ0n) is 15.7. The van der Waals surface area contributed by atoms with Crippen LogP contribution in [0.15, 0.2) is 53.6 Å². The molecule has 1 aromatic heterocycles. The number of nitrogens with zero attached hydrogens (tertiary/aromatic N) is 3. The molecule has 144 valence electrons. The first-order valence-corrected chi connectivity index (χ1v) is 9.30. The van der Waals surface area contributed by atoms with Crippen LogP contribution in [0.2, 0.25) is 0 Å². The molecule has 0 bridgehead atoms. The van der Waals surface area contributed by atoms with Crippen molar-refractivity contribution < 1.29 is 4.92 Å². The Hall–Kier alpha value is -3.26. The lowest BCUT2D eigenvalue weighted by atomic mass is 10.1. The average molecular weight is 395 g/mol. The number of para-hydroxylation sites is 1. The third kappa shape index (κ3) is 4.17. The van der Waals surface area contributed by atoms with Gasteiger partial charge < -0.3 is 9.88 Å². The van der Waals surface area contributed by atoms with Gasteiger partial charge in [0.25, 0.3) is 5.69 Å². The smallest absolute Gasteiger partial charge is 0.269 e. The van der Waals surface area contributed by atoms with Gasteiger partial charge >= 0.3 is 0 Å². The molecule has 2 aromatic carbocycles. The number of non-ortho nitro benzene ring substituents is 1. The predicted octanol–water partition coefficient (Wildman–Crippen LogP) is 3.72. The molecular weight excluding hydrogens is 374 g/mol. The van der Waals surface area contributed by atoms with Crippen molar-refractivity contribution in [1.29, 1.82) is 0 Å². The lowest BCUT2D eigenvalue weighted by Crippen LogP contribution is -2.31. The van der Waals surface area contributed by atoms with Crippen LogP contribution in [0.3, 0.4) is 0 Å². The van der Waals surface area contributed by atoms with Crippen molar-refractivity contribution in [3.8, 4) is 0 Å². The van der Waals surface area contributed by atoms with Crippen LogP contribution in [0.25, 0.3) is 10.9 Å². The summed E-state index contributed by atoms with van der Waals surface area (Å²) >= 11 is 5.13. The Balaban J connectivity index is 1.92. The van der Waals surface area contributed by atoms with Crippen LogP contribution in [-0.2, 0) is 6.54 Å². The Morgan fingerprint density at radius 1 is 1.25 bits per heavy atom. The third-order valence-electron chi connectivity index (χ3n) is 4.46. The summed E-state index contributed by atoms with van der Waals surface area (Å²) in [6.07, 6.45) is 1.77. The molecule has 0 aliphatic heterocycles. The molecule has 8 heteroatoms. The van der Waals surface area contributed by atoms with E-state index in [9.17, 15) is 10.1 Å². The Labute approximate surface area is 168 Å². The van der Waals surface area contributed by atoms with E-state index in [1.807, 2.05) is 26.0 Å². The van der Waals surface area contributed by atoms with Crippen LogP contribution >= 0.6 is 12.2 Å². The number of benzene rings is 2. The molecule has 0 aliphatic rings. The molecule has 0 saturated carbocycles. The second-order valence-electron chi connectivity index (χ2n) is 6.26. The van der Waals surface area contributed by atoms with Crippen molar-refractivity contribution in [1.82, 2.24) is 15.3 Å². The summed E-state index contributed by atoms with van der Waals surface area (Å²) in [5, 5.41) is 19.7. The third-order valence-corrected chi connectivity index (χ3v) is 4.70. The van der Waals surface area contributed by atoms with E-state index in [4.69, 9.17) is 12.2 Å². The first kappa shape index (κ1) is 19.5. The number of rotatable bonds is 6. The van der Waals surface area contributed by atoms with Gasteiger partial charge in [-0.25, -0.2) is 0 Å². The normalized spacial score (nSPS) is 11.1. The minimum atomic E-state index is -0.389. The number of nitrogens with one attached hydrogen (secondary N) is 2. The predicted molar refractivity (Wildman–Crippen MR) is 116 cm³/mol. The number of nitro groups is 1. The van der Waals surface area contributed by atoms with Crippen LogP contribution in [0.5, 0.6) is 0 Å². The van der Waals surface area contributed by atoms with Crippen LogP contribution < -0.4 is 10.7 Å². The molecule has 0 atom stereocenters. The zero-order valence-corrected chi connectivity index (χ0v) is 16.5. The van der Waals surface area contributed by atoms with E-state index >= 15 is 0 Å². The summed E-state index contributed by atoms with van der Waals surface area (Å²) in [5.74, 6) is 0. The highest BCUT2D eigenvalue weighted by Gasteiger charge is 2.13. The lowest BCUT2D eigenvalue weighted by molar-refractivity contribution is -0.384. The zero-order chi connectivity index (χ0) is 20.1. The molecule has 0 saturated heterocycles. The molecule has 0 fully saturated rings. The number of hydrazone groups is 1. The van der Waals surface area contributed by atoms with Gasteiger partial charge in [-0.15, -0.1) is 0 Å². The molecule has 0 unspecified atom stereocenters. The molecule has 3 aromatic rings. The van der Waals surface area contributed by atoms with Crippen molar-refractivity contribution in [3.05, 3.63) is 75.5 Å². The SMILES string of the molecule is CCNC(=S)NN=Cc1c(C)n(Cc2ccc([N+](=O)[O-])cc2)c2ccccc12. The summed E-state index contributed by atoms with van der Waals surface area (Å²) in [4.78, 5) is 10.5. The maximum Gasteiger partial charge on any atom is 0.269 e. The van der Waals surface area contributed by atoms with Crippen molar-refractivity contribution in [2.75, 3.05) is 6.54 Å². The van der Waals surface area contributed by atoms with Gasteiger partial charge in [0.05, 0.1) is 11.1 Å². The highest BCUT2D eigenvalue weighted by atomic mass is 32.1. The van der Waals surface area contributed by atoms with Crippen molar-refractivity contribution >= 4 is 40.1 Å². The summed E-state index contributed by atoms with van der Waals surface area (Å²) in [6.45, 7) is 5.35. The van der Waals surface area contributed by atoms with Crippen LogP contribution in [0.1, 0.15) is 23.7 Å². The quantitative estimate of drug-likeness (QED) is 0.288. The number of fused-ring (bicyclic) bond motifs is 1. The fourth-order valence-electron chi connectivity index (χ4n) is 3.09. The monoisotopic (exact) mass is 395 g/mol. The molecule has 0 amide bonds. The molecule has 0 spiro atoms. The fraction of sp³-hybridized carbons (Fsp3) is 0.200. The second kappa shape index (κ2) is 8.62. The number of hydrogen-bond donors (Lipinski definition) is 2. The summed E-state index contributed by atoms with van der Waals surface area (Å²) in [5.41, 5.74) is 7.03. The Morgan fingerprint density at radius 3 is 2.64 bits per heavy atom. The van der Waals surface area contributed by atoms with E-state index in [1.54, 1.807) is 18.3 Å². The molecule has 28 heavy (non-hydrogen) atoms. The van der Waals surface area contributed by atoms with Gasteiger partial charge in [-0.05, 0) is 37.7 Å². The number of nitro benzene ring substituents is 1. The molecular formula is C20H21N5O2S. The minimum absolute atomic E-state index is 0.0911. The first-order valence-electron chi connectivity index (χ1n) is 8.89. The Morgan fingerprint density at radius 2 is 1.96 bits per heavy atom. The van der Waals surface area contributed by atoms with Crippen LogP contribution in [0, 0.1) is 17.0 Å². The Kier molecular flexibility index (Phi) is 6.00. The molecule has 2 N–H and O–H groups in total. The van der Waals surface area contributed by atoms with E-state index in [0.29, 0.717) is 11.7 Å². The van der Waals surface area contributed by atoms with E-state index in [0.717, 1.165) is 34.3 Å². The van der Waals surface area contributed by atoms with E-state index in [2.05, 4.69) is 32.5 Å². The molecule has 0 radical (unpaired) electrons. The van der Waals surface area contributed by atoms with Crippen molar-refractivity contribution in [3.63, 3.8) is 0 Å². The Bertz CT molecular complexity index is 1040. The van der Waals surface area contributed by atoms with Gasteiger partial charge in [-0.3, -0.25) is 15.5 Å². The number of thiocarbonyl (C=S) groups is 1. The standard InChI is InChI=1S/C20H21N5O2S/c1-3-21-20(28)23-22-12-18-14(2)24(19-7-5-4-6-17(18)19)13-15-8-10-16(11-9-15)25(26)27/h4-12H,3,13H2,1-2H3,(H2,21,23,28). The van der Waals surface area contributed by atoms with Gasteiger partial charge in [-0.2, -0.15) is 5.10 Å². The first-order chi connectivity index (χ1) is 13.5. The molecule has 7 nitrogen and oxygen atoms in total. The molecule has 3 rings (SSSR count). The largest absolute Gasteiger partial charge is 0.362 e. The van der Waals surface area contributed by atoms with Crippen LogP contribution in [0.4, 0.5) is 5.69 Å². The van der Waals surface area contributed by atoms with Gasteiger partial charge in [0.15, 0.2) is 5.11 Å². The summed E-state index contributed by atoms with van der Waals surface area (Å²) in [7, 11) is 0. The van der Waals surface area contributed by atoms with E-state index < -0.39 is 0 Å². The summed E-state index contributed by atoms with van der Waals surface area (Å²) in [6, 6.07) is 14.7. The summed E-state index contributed by atoms with van der Waals surface area (Å²) < 4.78 is 2.18. The average Bonchev–Trinajstić information content (AvgIpc) is 2.94. The van der Waals surface area contributed by atoms with Gasteiger partial charge in [0.2, 0.25) is 0 Å². The minimum Gasteiger partial charge on any atom is -0.362 e. The molecule has 1 heterocycles. The molecule has 0 aliphatic carbocycles. The van der Waals surface area contributed by atoms with Gasteiger partial charge in [0, 0.05) is 47.4 Å². The number of aromatic nitrogens is 1. The fourth-order valence-corrected chi connectivity index (χ4v) is 3.28. The number of hydrogen-bond acceptors (Lipinski definition) is 4. The highest BCUT2D eigenvalue weighted by molar-refractivity contribution is 7.80. The van der Waals surface area contributed by atoms with Crippen molar-refractivity contribution in [2.24, 2.45) is 5.10 Å². The van der Waals surface area contributed by atoms with Crippen LogP contribution in [-0.4, -0.2) is 27.4 Å². The van der Waals surface area contributed by atoms with Gasteiger partial charge in [-0.1, -0.05) is 30.3 Å². The van der Waals surface area contributed by atoms with Gasteiger partial charge in [0.1, 0.15) is 0 Å². The highest BCUT2D eigenvalue weighted by Crippen LogP contribution is 2.26. The van der Waals surface area contributed by atoms with E-state index in [-0.39, 0.29) is 10.6 Å². The van der Waals surface area contributed by atoms with Crippen molar-refractivity contribution in [2.45, 2.75) is 20.4 Å². The maximum absolute atomic E-state index is 10.9. The second-order valence-corrected chi connectivity index (χ2v) is 6.66. The maximum atomic E-state index is 10.9. The topological polar surface area (TPSA) is 84.5 Å². The lowest BCUT2D eigenvalue weighted by Gasteiger charge is -2.08. The van der Waals surface area contributed by atoms with E-state index in [1.165, 1.54) is 12.1 Å².